The molecule has 2 aliphatic rings. The van der Waals surface area contributed by atoms with E-state index < -0.39 is 17.4 Å². The van der Waals surface area contributed by atoms with Gasteiger partial charge in [-0.05, 0) is 61.1 Å². The van der Waals surface area contributed by atoms with Gasteiger partial charge in [-0.3, -0.25) is 9.69 Å². The van der Waals surface area contributed by atoms with Crippen molar-refractivity contribution in [2.45, 2.75) is 37.9 Å². The van der Waals surface area contributed by atoms with E-state index in [2.05, 4.69) is 4.90 Å². The van der Waals surface area contributed by atoms with E-state index in [0.717, 1.165) is 11.1 Å². The molecule has 1 aliphatic carbocycles. The van der Waals surface area contributed by atoms with Crippen molar-refractivity contribution < 1.29 is 22.7 Å². The second-order valence-electron chi connectivity index (χ2n) is 8.17. The van der Waals surface area contributed by atoms with Gasteiger partial charge in [-0.25, -0.2) is 13.2 Å². The second kappa shape index (κ2) is 7.82. The first-order valence-electron chi connectivity index (χ1n) is 9.93. The lowest BCUT2D eigenvalue weighted by atomic mass is 9.82. The van der Waals surface area contributed by atoms with Gasteiger partial charge in [0.25, 0.3) is 0 Å². The van der Waals surface area contributed by atoms with Crippen LogP contribution >= 0.6 is 0 Å². The Morgan fingerprint density at radius 2 is 1.83 bits per heavy atom. The van der Waals surface area contributed by atoms with Crippen molar-refractivity contribution >= 4 is 5.78 Å². The number of ether oxygens (including phenoxy) is 1. The van der Waals surface area contributed by atoms with Crippen molar-refractivity contribution in [3.63, 3.8) is 0 Å². The summed E-state index contributed by atoms with van der Waals surface area (Å²) in [6.45, 7) is 1.83. The van der Waals surface area contributed by atoms with Gasteiger partial charge in [0.2, 0.25) is 0 Å². The molecule has 4 rings (SSSR count). The molecule has 29 heavy (non-hydrogen) atoms. The number of fused-ring (bicyclic) bond motifs is 1. The van der Waals surface area contributed by atoms with E-state index in [-0.39, 0.29) is 23.8 Å². The highest BCUT2D eigenvalue weighted by Crippen LogP contribution is 2.40. The van der Waals surface area contributed by atoms with Crippen LogP contribution in [0.25, 0.3) is 0 Å². The largest absolute Gasteiger partial charge is 0.494 e. The van der Waals surface area contributed by atoms with Gasteiger partial charge in [-0.1, -0.05) is 12.1 Å². The molecule has 2 aromatic rings. The van der Waals surface area contributed by atoms with E-state index in [4.69, 9.17) is 4.74 Å². The highest BCUT2D eigenvalue weighted by atomic mass is 19.1. The maximum Gasteiger partial charge on any atom is 0.166 e. The highest BCUT2D eigenvalue weighted by Gasteiger charge is 2.41. The Hall–Kier alpha value is -2.34. The van der Waals surface area contributed by atoms with Crippen LogP contribution in [0.4, 0.5) is 13.2 Å². The quantitative estimate of drug-likeness (QED) is 0.723. The monoisotopic (exact) mass is 403 g/mol. The van der Waals surface area contributed by atoms with Crippen LogP contribution in [0.5, 0.6) is 5.75 Å². The van der Waals surface area contributed by atoms with E-state index >= 15 is 4.39 Å². The summed E-state index contributed by atoms with van der Waals surface area (Å²) in [5.74, 6) is -1.35. The summed E-state index contributed by atoms with van der Waals surface area (Å²) in [4.78, 5) is 14.8. The fraction of sp³-hybridized carbons (Fsp3) is 0.435. The highest BCUT2D eigenvalue weighted by molar-refractivity contribution is 6.02. The molecule has 2 aromatic carbocycles. The Labute approximate surface area is 168 Å². The minimum absolute atomic E-state index is 0.112. The molecule has 0 bridgehead atoms. The summed E-state index contributed by atoms with van der Waals surface area (Å²) < 4.78 is 47.5. The number of carbonyl (C=O) groups excluding carboxylic acids is 1. The van der Waals surface area contributed by atoms with Crippen molar-refractivity contribution in [3.8, 4) is 5.75 Å². The van der Waals surface area contributed by atoms with Gasteiger partial charge in [0.05, 0.1) is 7.11 Å². The number of hydrogen-bond donors (Lipinski definition) is 0. The van der Waals surface area contributed by atoms with Gasteiger partial charge in [0.1, 0.15) is 11.5 Å². The molecule has 0 amide bonds. The van der Waals surface area contributed by atoms with Crippen molar-refractivity contribution in [3.05, 3.63) is 64.7 Å². The van der Waals surface area contributed by atoms with E-state index in [1.807, 2.05) is 0 Å². The topological polar surface area (TPSA) is 29.5 Å². The number of likely N-dealkylation sites (tertiary alicyclic amines) is 1. The SMILES string of the molecule is COc1cc2c(cc1F)C(=O)C(CC1(F)CCN(Cc3ccc(F)cc3)CC1)C2. The standard InChI is InChI=1S/C23H24F3NO2/c1-29-21-11-16-10-17(22(28)19(16)12-20(21)25)13-23(26)6-8-27(9-7-23)14-15-2-4-18(24)5-3-15/h2-5,11-12,17H,6-10,13-14H2,1H3. The smallest absolute Gasteiger partial charge is 0.166 e. The number of nitrogens with zero attached hydrogens (tertiary/aromatic N) is 1. The summed E-state index contributed by atoms with van der Waals surface area (Å²) in [5.41, 5.74) is 0.681. The number of rotatable bonds is 5. The number of benzene rings is 2. The third-order valence-electron chi connectivity index (χ3n) is 6.16. The van der Waals surface area contributed by atoms with Crippen molar-refractivity contribution in [1.29, 1.82) is 0 Å². The zero-order chi connectivity index (χ0) is 20.6. The molecule has 1 saturated heterocycles. The number of hydrogen-bond acceptors (Lipinski definition) is 3. The van der Waals surface area contributed by atoms with Crippen molar-refractivity contribution in [1.82, 2.24) is 4.90 Å². The maximum absolute atomic E-state index is 15.5. The first-order chi connectivity index (χ1) is 13.9. The Balaban J connectivity index is 1.36. The maximum atomic E-state index is 15.5. The van der Waals surface area contributed by atoms with E-state index in [9.17, 15) is 13.6 Å². The molecule has 0 spiro atoms. The van der Waals surface area contributed by atoms with Gasteiger partial charge >= 0.3 is 0 Å². The van der Waals surface area contributed by atoms with E-state index in [1.165, 1.54) is 25.3 Å². The number of halogens is 3. The zero-order valence-corrected chi connectivity index (χ0v) is 16.4. The van der Waals surface area contributed by atoms with Gasteiger partial charge in [-0.2, -0.15) is 0 Å². The molecule has 3 nitrogen and oxygen atoms in total. The molecule has 1 aliphatic heterocycles. The minimum atomic E-state index is -1.40. The summed E-state index contributed by atoms with van der Waals surface area (Å²) >= 11 is 0. The Bertz CT molecular complexity index is 905. The zero-order valence-electron chi connectivity index (χ0n) is 16.4. The summed E-state index contributed by atoms with van der Waals surface area (Å²) in [5, 5.41) is 0. The predicted octanol–water partition coefficient (Wildman–Crippen LogP) is 4.72. The van der Waals surface area contributed by atoms with E-state index in [0.29, 0.717) is 44.5 Å². The first kappa shape index (κ1) is 20.0. The molecular formula is C23H24F3NO2. The lowest BCUT2D eigenvalue weighted by molar-refractivity contribution is 0.0336. The van der Waals surface area contributed by atoms with Crippen LogP contribution in [0.1, 0.15) is 40.7 Å². The van der Waals surface area contributed by atoms with Crippen molar-refractivity contribution in [2.75, 3.05) is 20.2 Å². The lowest BCUT2D eigenvalue weighted by Crippen LogP contribution is -2.42. The summed E-state index contributed by atoms with van der Waals surface area (Å²) in [6.07, 6.45) is 1.29. The van der Waals surface area contributed by atoms with Crippen LogP contribution in [0.2, 0.25) is 0 Å². The molecule has 0 N–H and O–H groups in total. The molecule has 1 atom stereocenters. The van der Waals surface area contributed by atoms with E-state index in [1.54, 1.807) is 18.2 Å². The van der Waals surface area contributed by atoms with Gasteiger partial charge in [0, 0.05) is 31.1 Å². The van der Waals surface area contributed by atoms with Gasteiger partial charge in [-0.15, -0.1) is 0 Å². The lowest BCUT2D eigenvalue weighted by Gasteiger charge is -2.37. The van der Waals surface area contributed by atoms with Crippen LogP contribution in [-0.2, 0) is 13.0 Å². The Morgan fingerprint density at radius 3 is 2.48 bits per heavy atom. The molecule has 0 aromatic heterocycles. The third kappa shape index (κ3) is 4.17. The second-order valence-corrected chi connectivity index (χ2v) is 8.17. The van der Waals surface area contributed by atoms with Gasteiger partial charge < -0.3 is 4.74 Å². The molecule has 1 fully saturated rings. The number of ketones is 1. The molecule has 1 unspecified atom stereocenters. The minimum Gasteiger partial charge on any atom is -0.494 e. The fourth-order valence-electron chi connectivity index (χ4n) is 4.50. The van der Waals surface area contributed by atoms with Crippen LogP contribution in [0, 0.1) is 17.6 Å². The fourth-order valence-corrected chi connectivity index (χ4v) is 4.50. The average Bonchev–Trinajstić information content (AvgIpc) is 2.99. The van der Waals surface area contributed by atoms with Crippen LogP contribution in [-0.4, -0.2) is 36.6 Å². The molecule has 0 radical (unpaired) electrons. The molecule has 6 heteroatoms. The summed E-state index contributed by atoms with van der Waals surface area (Å²) in [7, 11) is 1.38. The molecular weight excluding hydrogens is 379 g/mol. The Morgan fingerprint density at radius 1 is 1.14 bits per heavy atom. The Kier molecular flexibility index (Phi) is 5.38. The average molecular weight is 403 g/mol. The normalized spacial score (nSPS) is 21.2. The van der Waals surface area contributed by atoms with Crippen molar-refractivity contribution in [2.24, 2.45) is 5.92 Å². The molecule has 1 heterocycles. The number of alkyl halides is 1. The van der Waals surface area contributed by atoms with Crippen LogP contribution in [0.15, 0.2) is 36.4 Å². The number of piperidine rings is 1. The van der Waals surface area contributed by atoms with Crippen LogP contribution < -0.4 is 4.74 Å². The van der Waals surface area contributed by atoms with Crippen LogP contribution in [0.3, 0.4) is 0 Å². The molecule has 0 saturated carbocycles. The molecule has 154 valence electrons. The number of carbonyl (C=O) groups is 1. The predicted molar refractivity (Wildman–Crippen MR) is 104 cm³/mol. The number of Topliss-reactive ketones (excluding diaryl/α,β-unsaturated/α-hetero) is 1. The number of methoxy groups -OCH3 is 1. The third-order valence-corrected chi connectivity index (χ3v) is 6.16. The first-order valence-corrected chi connectivity index (χ1v) is 9.93. The summed E-state index contributed by atoms with van der Waals surface area (Å²) in [6, 6.07) is 9.12. The van der Waals surface area contributed by atoms with Gasteiger partial charge in [0.15, 0.2) is 17.3 Å².